The fourth-order valence-corrected chi connectivity index (χ4v) is 4.23. The van der Waals surface area contributed by atoms with Crippen LogP contribution in [0.25, 0.3) is 22.4 Å². The molecule has 0 bridgehead atoms. The van der Waals surface area contributed by atoms with Crippen LogP contribution in [0, 0.1) is 0 Å². The van der Waals surface area contributed by atoms with Crippen LogP contribution in [0.3, 0.4) is 0 Å². The highest BCUT2D eigenvalue weighted by Gasteiger charge is 2.15. The highest BCUT2D eigenvalue weighted by molar-refractivity contribution is 6.03. The van der Waals surface area contributed by atoms with E-state index in [0.717, 1.165) is 49.5 Å². The summed E-state index contributed by atoms with van der Waals surface area (Å²) in [6.45, 7) is 4.41. The third kappa shape index (κ3) is 6.08. The number of hydrogen-bond acceptors (Lipinski definition) is 8. The molecule has 0 radical (unpaired) electrons. The smallest absolute Gasteiger partial charge is 0.338 e. The lowest BCUT2D eigenvalue weighted by Crippen LogP contribution is -2.35. The number of hydrogen-bond donors (Lipinski definition) is 1. The topological polar surface area (TPSA) is 107 Å². The zero-order valence-electron chi connectivity index (χ0n) is 21.0. The molecule has 1 amide bonds. The Morgan fingerprint density at radius 1 is 0.947 bits per heavy atom. The molecule has 9 heteroatoms. The van der Waals surface area contributed by atoms with Crippen molar-refractivity contribution in [3.63, 3.8) is 0 Å². The van der Waals surface area contributed by atoms with Crippen LogP contribution < -0.4 is 5.32 Å². The number of carbonyl (C=O) groups excluding carboxylic acids is 2. The van der Waals surface area contributed by atoms with Crippen molar-refractivity contribution < 1.29 is 19.1 Å². The van der Waals surface area contributed by atoms with Gasteiger partial charge < -0.3 is 14.8 Å². The molecule has 38 heavy (non-hydrogen) atoms. The molecule has 1 aliphatic heterocycles. The lowest BCUT2D eigenvalue weighted by atomic mass is 10.0. The first kappa shape index (κ1) is 25.2. The summed E-state index contributed by atoms with van der Waals surface area (Å²) in [6.07, 6.45) is 4.26. The highest BCUT2D eigenvalue weighted by atomic mass is 16.5. The van der Waals surface area contributed by atoms with Crippen molar-refractivity contribution in [2.24, 2.45) is 0 Å². The zero-order chi connectivity index (χ0) is 26.3. The van der Waals surface area contributed by atoms with E-state index in [9.17, 15) is 9.59 Å². The van der Waals surface area contributed by atoms with Crippen LogP contribution in [0.4, 0.5) is 5.82 Å². The van der Waals surface area contributed by atoms with E-state index in [1.165, 1.54) is 37.3 Å². The van der Waals surface area contributed by atoms with Gasteiger partial charge in [0.1, 0.15) is 11.5 Å². The Kier molecular flexibility index (Phi) is 7.77. The lowest BCUT2D eigenvalue weighted by Gasteiger charge is -2.26. The summed E-state index contributed by atoms with van der Waals surface area (Å²) in [6, 6.07) is 19.6. The summed E-state index contributed by atoms with van der Waals surface area (Å²) in [5.41, 5.74) is 5.16. The Labute approximate surface area is 220 Å². The Balaban J connectivity index is 1.35. The molecule has 1 N–H and O–H groups in total. The van der Waals surface area contributed by atoms with Gasteiger partial charge in [-0.25, -0.2) is 14.8 Å². The quantitative estimate of drug-likeness (QED) is 0.372. The monoisotopic (exact) mass is 509 g/mol. The Morgan fingerprint density at radius 2 is 1.63 bits per heavy atom. The van der Waals surface area contributed by atoms with Crippen LogP contribution in [0.5, 0.6) is 0 Å². The fraction of sp³-hybridized carbons (Fsp3) is 0.207. The van der Waals surface area contributed by atoms with Gasteiger partial charge in [-0.2, -0.15) is 0 Å². The fourth-order valence-electron chi connectivity index (χ4n) is 4.23. The van der Waals surface area contributed by atoms with Crippen molar-refractivity contribution >= 4 is 17.7 Å². The third-order valence-electron chi connectivity index (χ3n) is 6.26. The lowest BCUT2D eigenvalue weighted by molar-refractivity contribution is 0.0342. The van der Waals surface area contributed by atoms with E-state index >= 15 is 0 Å². The minimum Gasteiger partial charge on any atom is -0.465 e. The van der Waals surface area contributed by atoms with E-state index in [1.807, 2.05) is 24.3 Å². The van der Waals surface area contributed by atoms with Gasteiger partial charge in [-0.15, -0.1) is 0 Å². The second-order valence-electron chi connectivity index (χ2n) is 8.83. The van der Waals surface area contributed by atoms with Gasteiger partial charge in [0.05, 0.1) is 37.8 Å². The van der Waals surface area contributed by atoms with Gasteiger partial charge in [0.25, 0.3) is 5.91 Å². The first-order chi connectivity index (χ1) is 18.6. The van der Waals surface area contributed by atoms with Crippen molar-refractivity contribution in [3.8, 4) is 22.4 Å². The van der Waals surface area contributed by atoms with Crippen LogP contribution in [-0.2, 0) is 16.0 Å². The average Bonchev–Trinajstić information content (AvgIpc) is 2.98. The molecule has 0 spiro atoms. The van der Waals surface area contributed by atoms with Gasteiger partial charge in [0.15, 0.2) is 0 Å². The van der Waals surface area contributed by atoms with Crippen molar-refractivity contribution in [2.45, 2.75) is 6.54 Å². The Bertz CT molecular complexity index is 1400. The van der Waals surface area contributed by atoms with Crippen LogP contribution >= 0.6 is 0 Å². The third-order valence-corrected chi connectivity index (χ3v) is 6.26. The predicted octanol–water partition coefficient (Wildman–Crippen LogP) is 4.08. The molecule has 1 aliphatic rings. The summed E-state index contributed by atoms with van der Waals surface area (Å²) in [4.78, 5) is 39.7. The number of nitrogens with zero attached hydrogens (tertiary/aromatic N) is 4. The predicted molar refractivity (Wildman–Crippen MR) is 143 cm³/mol. The number of rotatable bonds is 7. The van der Waals surface area contributed by atoms with Gasteiger partial charge >= 0.3 is 5.97 Å². The number of amides is 1. The van der Waals surface area contributed by atoms with Gasteiger partial charge in [0.2, 0.25) is 0 Å². The summed E-state index contributed by atoms with van der Waals surface area (Å²) in [5.74, 6) is -0.804. The summed E-state index contributed by atoms with van der Waals surface area (Å²) >= 11 is 0. The van der Waals surface area contributed by atoms with Crippen LogP contribution in [-0.4, -0.2) is 65.1 Å². The molecule has 192 valence electrons. The number of anilines is 1. The molecule has 3 heterocycles. The minimum atomic E-state index is -0.530. The molecule has 0 atom stereocenters. The number of carbonyl (C=O) groups is 2. The SMILES string of the molecule is COC(=O)c1cc(NC(=O)c2cnccn2)nc(-c2ccc(-c3ccc(CN4CCOCC4)cc3)cc2)c1. The number of nitrogens with one attached hydrogen (secondary N) is 1. The van der Waals surface area contributed by atoms with E-state index in [0.29, 0.717) is 5.69 Å². The van der Waals surface area contributed by atoms with Crippen molar-refractivity contribution in [1.29, 1.82) is 0 Å². The maximum atomic E-state index is 12.6. The maximum absolute atomic E-state index is 12.6. The normalized spacial score (nSPS) is 13.6. The van der Waals surface area contributed by atoms with Crippen molar-refractivity contribution in [2.75, 3.05) is 38.7 Å². The molecule has 1 saturated heterocycles. The largest absolute Gasteiger partial charge is 0.465 e. The number of pyridine rings is 1. The first-order valence-electron chi connectivity index (χ1n) is 12.3. The second kappa shape index (κ2) is 11.7. The number of morpholine rings is 1. The molecule has 4 aromatic rings. The summed E-state index contributed by atoms with van der Waals surface area (Å²) < 4.78 is 10.3. The number of benzene rings is 2. The Hall–Kier alpha value is -4.47. The number of aromatic nitrogens is 3. The highest BCUT2D eigenvalue weighted by Crippen LogP contribution is 2.27. The molecule has 5 rings (SSSR count). The van der Waals surface area contributed by atoms with E-state index < -0.39 is 11.9 Å². The first-order valence-corrected chi connectivity index (χ1v) is 12.3. The maximum Gasteiger partial charge on any atom is 0.338 e. The van der Waals surface area contributed by atoms with E-state index in [-0.39, 0.29) is 17.1 Å². The zero-order valence-corrected chi connectivity index (χ0v) is 21.0. The molecule has 0 aliphatic carbocycles. The second-order valence-corrected chi connectivity index (χ2v) is 8.83. The Morgan fingerprint density at radius 3 is 2.29 bits per heavy atom. The number of ether oxygens (including phenoxy) is 2. The van der Waals surface area contributed by atoms with E-state index in [1.54, 1.807) is 6.07 Å². The minimum absolute atomic E-state index is 0.139. The molecular formula is C29H27N5O4. The molecule has 2 aromatic carbocycles. The molecule has 0 saturated carbocycles. The molecule has 9 nitrogen and oxygen atoms in total. The molecule has 0 unspecified atom stereocenters. The number of esters is 1. The van der Waals surface area contributed by atoms with Crippen LogP contribution in [0.2, 0.25) is 0 Å². The summed E-state index contributed by atoms with van der Waals surface area (Å²) in [7, 11) is 1.31. The van der Waals surface area contributed by atoms with Gasteiger partial charge in [0, 0.05) is 37.6 Å². The van der Waals surface area contributed by atoms with E-state index in [2.05, 4.69) is 49.4 Å². The number of methoxy groups -OCH3 is 1. The van der Waals surface area contributed by atoms with Gasteiger partial charge in [-0.1, -0.05) is 48.5 Å². The van der Waals surface area contributed by atoms with Crippen LogP contribution in [0.1, 0.15) is 26.4 Å². The van der Waals surface area contributed by atoms with Gasteiger partial charge in [-0.05, 0) is 28.8 Å². The van der Waals surface area contributed by atoms with Crippen molar-refractivity contribution in [1.82, 2.24) is 19.9 Å². The standard InChI is InChI=1S/C29H27N5O4/c1-37-29(36)24-16-25(32-27(17-24)33-28(35)26-18-30-10-11-31-26)23-8-6-22(7-9-23)21-4-2-20(3-5-21)19-34-12-14-38-15-13-34/h2-11,16-18H,12-15,19H2,1H3,(H,32,33,35). The van der Waals surface area contributed by atoms with Gasteiger partial charge in [-0.3, -0.25) is 14.7 Å². The van der Waals surface area contributed by atoms with Crippen LogP contribution in [0.15, 0.2) is 79.3 Å². The molecular weight excluding hydrogens is 482 g/mol. The molecule has 2 aromatic heterocycles. The average molecular weight is 510 g/mol. The summed E-state index contributed by atoms with van der Waals surface area (Å²) in [5, 5.41) is 2.69. The molecule has 1 fully saturated rings. The van der Waals surface area contributed by atoms with E-state index in [4.69, 9.17) is 9.47 Å². The van der Waals surface area contributed by atoms with Crippen molar-refractivity contribution in [3.05, 3.63) is 96.1 Å².